The molecule has 3 nitrogen and oxygen atoms in total. The summed E-state index contributed by atoms with van der Waals surface area (Å²) in [5, 5.41) is 8.84. The second-order valence-corrected chi connectivity index (χ2v) is 7.02. The van der Waals surface area contributed by atoms with Crippen molar-refractivity contribution in [3.63, 3.8) is 0 Å². The molecule has 0 spiro atoms. The first-order valence-corrected chi connectivity index (χ1v) is 7.87. The van der Waals surface area contributed by atoms with Gasteiger partial charge in [-0.3, -0.25) is 4.99 Å². The van der Waals surface area contributed by atoms with Crippen molar-refractivity contribution >= 4 is 41.3 Å². The van der Waals surface area contributed by atoms with Crippen LogP contribution >= 0.6 is 35.3 Å². The molecule has 0 aliphatic heterocycles. The minimum Gasteiger partial charge on any atom is -0.357 e. The van der Waals surface area contributed by atoms with Gasteiger partial charge in [-0.05, 0) is 51.5 Å². The van der Waals surface area contributed by atoms with Gasteiger partial charge in [0.2, 0.25) is 0 Å². The highest BCUT2D eigenvalue weighted by Crippen LogP contribution is 2.14. The number of thiophene rings is 1. The normalized spacial score (nSPS) is 13.6. The van der Waals surface area contributed by atoms with E-state index in [1.54, 1.807) is 0 Å². The summed E-state index contributed by atoms with van der Waals surface area (Å²) < 4.78 is 0. The van der Waals surface area contributed by atoms with Crippen molar-refractivity contribution in [2.75, 3.05) is 13.1 Å². The van der Waals surface area contributed by atoms with Crippen molar-refractivity contribution in [1.29, 1.82) is 0 Å². The van der Waals surface area contributed by atoms with Gasteiger partial charge < -0.3 is 10.6 Å². The zero-order chi connectivity index (χ0) is 14.3. The van der Waals surface area contributed by atoms with E-state index in [0.29, 0.717) is 5.92 Å². The van der Waals surface area contributed by atoms with E-state index in [-0.39, 0.29) is 29.5 Å². The first-order valence-electron chi connectivity index (χ1n) is 6.99. The Bertz CT molecular complexity index is 382. The Balaban J connectivity index is 0.00000361. The summed E-state index contributed by atoms with van der Waals surface area (Å²) in [7, 11) is 0. The number of nitrogens with zero attached hydrogens (tertiary/aromatic N) is 1. The molecule has 0 fully saturated rings. The molecule has 1 aromatic heterocycles. The Hall–Kier alpha value is -0.300. The van der Waals surface area contributed by atoms with Gasteiger partial charge in [-0.2, -0.15) is 0 Å². The molecular weight excluding hydrogens is 381 g/mol. The van der Waals surface area contributed by atoms with Crippen LogP contribution < -0.4 is 10.6 Å². The fourth-order valence-electron chi connectivity index (χ4n) is 1.75. The molecule has 0 radical (unpaired) electrons. The van der Waals surface area contributed by atoms with Crippen LogP contribution in [0.3, 0.4) is 0 Å². The lowest BCUT2D eigenvalue weighted by Gasteiger charge is -2.24. The third-order valence-corrected chi connectivity index (χ3v) is 3.43. The maximum Gasteiger partial charge on any atom is 0.191 e. The van der Waals surface area contributed by atoms with Gasteiger partial charge in [0, 0.05) is 23.5 Å². The van der Waals surface area contributed by atoms with Crippen molar-refractivity contribution in [2.45, 2.75) is 46.6 Å². The Morgan fingerprint density at radius 3 is 2.60 bits per heavy atom. The molecule has 0 aromatic carbocycles. The van der Waals surface area contributed by atoms with Gasteiger partial charge in [0.1, 0.15) is 0 Å². The van der Waals surface area contributed by atoms with E-state index in [1.807, 2.05) is 11.3 Å². The predicted molar refractivity (Wildman–Crippen MR) is 101 cm³/mol. The van der Waals surface area contributed by atoms with E-state index < -0.39 is 0 Å². The van der Waals surface area contributed by atoms with E-state index in [9.17, 15) is 0 Å². The number of nitrogens with one attached hydrogen (secondary N) is 2. The summed E-state index contributed by atoms with van der Waals surface area (Å²) in [6.45, 7) is 12.5. The van der Waals surface area contributed by atoms with Crippen LogP contribution in [0.15, 0.2) is 22.5 Å². The molecule has 2 N–H and O–H groups in total. The molecule has 116 valence electrons. The van der Waals surface area contributed by atoms with Gasteiger partial charge in [0.25, 0.3) is 0 Å². The molecule has 1 heterocycles. The van der Waals surface area contributed by atoms with Gasteiger partial charge in [0.05, 0.1) is 0 Å². The molecule has 1 rings (SSSR count). The molecule has 5 heteroatoms. The maximum atomic E-state index is 4.68. The number of hydrogen-bond acceptors (Lipinski definition) is 2. The van der Waals surface area contributed by atoms with Crippen LogP contribution in [0.25, 0.3) is 0 Å². The number of aliphatic imine (C=N–C) groups is 1. The van der Waals surface area contributed by atoms with E-state index >= 15 is 0 Å². The summed E-state index contributed by atoms with van der Waals surface area (Å²) in [5.41, 5.74) is 0.0397. The summed E-state index contributed by atoms with van der Waals surface area (Å²) in [6.07, 6.45) is 1.11. The second-order valence-electron chi connectivity index (χ2n) is 5.98. The summed E-state index contributed by atoms with van der Waals surface area (Å²) in [4.78, 5) is 6.12. The summed E-state index contributed by atoms with van der Waals surface area (Å²) >= 11 is 1.83. The van der Waals surface area contributed by atoms with E-state index in [4.69, 9.17) is 0 Å². The molecular formula is C15H28IN3S. The first-order chi connectivity index (χ1) is 8.90. The smallest absolute Gasteiger partial charge is 0.191 e. The fourth-order valence-corrected chi connectivity index (χ4v) is 2.62. The van der Waals surface area contributed by atoms with Crippen LogP contribution in [0.1, 0.15) is 39.5 Å². The average Bonchev–Trinajstić information content (AvgIpc) is 2.77. The van der Waals surface area contributed by atoms with E-state index in [2.05, 4.69) is 67.8 Å². The lowest BCUT2D eigenvalue weighted by molar-refractivity contribution is 0.498. The van der Waals surface area contributed by atoms with Gasteiger partial charge in [-0.1, -0.05) is 13.0 Å². The first kappa shape index (κ1) is 19.7. The molecule has 0 saturated heterocycles. The molecule has 20 heavy (non-hydrogen) atoms. The van der Waals surface area contributed by atoms with Crippen molar-refractivity contribution in [1.82, 2.24) is 10.6 Å². The highest BCUT2D eigenvalue weighted by Gasteiger charge is 2.12. The van der Waals surface area contributed by atoms with E-state index in [1.165, 1.54) is 4.88 Å². The SMILES string of the molecule is CCNC(=NCC(C)Cc1cccs1)NC(C)(C)C.I. The van der Waals surface area contributed by atoms with E-state index in [0.717, 1.165) is 25.5 Å². The standard InChI is InChI=1S/C15H27N3S.HI/c1-6-16-14(18-15(3,4)5)17-11-12(2)10-13-8-7-9-19-13;/h7-9,12H,6,10-11H2,1-5H3,(H2,16,17,18);1H. The van der Waals surface area contributed by atoms with Crippen molar-refractivity contribution < 1.29 is 0 Å². The van der Waals surface area contributed by atoms with Crippen LogP contribution in [-0.4, -0.2) is 24.6 Å². The average molecular weight is 409 g/mol. The van der Waals surface area contributed by atoms with Gasteiger partial charge in [-0.15, -0.1) is 35.3 Å². The van der Waals surface area contributed by atoms with Crippen LogP contribution in [0.2, 0.25) is 0 Å². The number of hydrogen-bond donors (Lipinski definition) is 2. The lowest BCUT2D eigenvalue weighted by Crippen LogP contribution is -2.47. The quantitative estimate of drug-likeness (QED) is 0.440. The van der Waals surface area contributed by atoms with Crippen molar-refractivity contribution in [3.05, 3.63) is 22.4 Å². The summed E-state index contributed by atoms with van der Waals surface area (Å²) in [5.74, 6) is 1.47. The van der Waals surface area contributed by atoms with Crippen LogP contribution in [-0.2, 0) is 6.42 Å². The van der Waals surface area contributed by atoms with Crippen LogP contribution in [0.5, 0.6) is 0 Å². The highest BCUT2D eigenvalue weighted by atomic mass is 127. The second kappa shape index (κ2) is 9.60. The van der Waals surface area contributed by atoms with Gasteiger partial charge >= 0.3 is 0 Å². The molecule has 0 saturated carbocycles. The third-order valence-electron chi connectivity index (χ3n) is 2.53. The zero-order valence-corrected chi connectivity index (χ0v) is 16.3. The number of guanidine groups is 1. The molecule has 0 bridgehead atoms. The van der Waals surface area contributed by atoms with Crippen LogP contribution in [0.4, 0.5) is 0 Å². The molecule has 0 amide bonds. The van der Waals surface area contributed by atoms with Crippen molar-refractivity contribution in [2.24, 2.45) is 10.9 Å². The monoisotopic (exact) mass is 409 g/mol. The molecule has 0 aliphatic carbocycles. The Morgan fingerprint density at radius 2 is 2.10 bits per heavy atom. The Morgan fingerprint density at radius 1 is 1.40 bits per heavy atom. The number of halogens is 1. The third kappa shape index (κ3) is 8.79. The zero-order valence-electron chi connectivity index (χ0n) is 13.2. The topological polar surface area (TPSA) is 36.4 Å². The Labute approximate surface area is 144 Å². The lowest BCUT2D eigenvalue weighted by atomic mass is 10.1. The molecule has 1 atom stereocenters. The Kier molecular flexibility index (Phi) is 9.46. The minimum atomic E-state index is 0. The molecule has 1 aromatic rings. The predicted octanol–water partition coefficient (Wildman–Crippen LogP) is 3.90. The molecule has 1 unspecified atom stereocenters. The maximum absolute atomic E-state index is 4.68. The number of rotatable bonds is 5. The van der Waals surface area contributed by atoms with Gasteiger partial charge in [0.15, 0.2) is 5.96 Å². The van der Waals surface area contributed by atoms with Gasteiger partial charge in [-0.25, -0.2) is 0 Å². The fraction of sp³-hybridized carbons (Fsp3) is 0.667. The molecule has 0 aliphatic rings. The van der Waals surface area contributed by atoms with Crippen LogP contribution in [0, 0.1) is 5.92 Å². The summed E-state index contributed by atoms with van der Waals surface area (Å²) in [6, 6.07) is 4.31. The highest BCUT2D eigenvalue weighted by molar-refractivity contribution is 14.0. The minimum absolute atomic E-state index is 0. The largest absolute Gasteiger partial charge is 0.357 e. The van der Waals surface area contributed by atoms with Crippen molar-refractivity contribution in [3.8, 4) is 0 Å².